The fourth-order valence-electron chi connectivity index (χ4n) is 1.02. The summed E-state index contributed by atoms with van der Waals surface area (Å²) < 4.78 is 0. The van der Waals surface area contributed by atoms with Gasteiger partial charge in [-0.2, -0.15) is 5.10 Å². The van der Waals surface area contributed by atoms with E-state index < -0.39 is 0 Å². The minimum atomic E-state index is -0.0809. The van der Waals surface area contributed by atoms with Crippen molar-refractivity contribution in [2.75, 3.05) is 11.2 Å². The number of alkyl halides is 1. The predicted molar refractivity (Wildman–Crippen MR) is 52.0 cm³/mol. The Kier molecular flexibility index (Phi) is 3.31. The van der Waals surface area contributed by atoms with Crippen LogP contribution >= 0.6 is 11.6 Å². The molecule has 5 heteroatoms. The summed E-state index contributed by atoms with van der Waals surface area (Å²) >= 11 is 5.43. The maximum Gasteiger partial charge on any atom is 0.225 e. The highest BCUT2D eigenvalue weighted by Gasteiger charge is 2.08. The van der Waals surface area contributed by atoms with Crippen molar-refractivity contribution in [1.82, 2.24) is 10.2 Å². The second-order valence-corrected chi connectivity index (χ2v) is 3.17. The molecule has 1 amide bonds. The summed E-state index contributed by atoms with van der Waals surface area (Å²) in [6.07, 6.45) is 0.325. The third kappa shape index (κ3) is 2.45. The number of aromatic nitrogens is 2. The predicted octanol–water partition coefficient (Wildman–Crippen LogP) is 1.59. The number of amides is 1. The van der Waals surface area contributed by atoms with E-state index >= 15 is 0 Å². The fourth-order valence-corrected chi connectivity index (χ4v) is 1.19. The van der Waals surface area contributed by atoms with Gasteiger partial charge in [0.05, 0.1) is 17.1 Å². The number of nitrogens with one attached hydrogen (secondary N) is 2. The minimum absolute atomic E-state index is 0.0809. The van der Waals surface area contributed by atoms with E-state index in [2.05, 4.69) is 15.5 Å². The number of halogens is 1. The average molecular weight is 202 g/mol. The van der Waals surface area contributed by atoms with Crippen molar-refractivity contribution >= 4 is 23.2 Å². The van der Waals surface area contributed by atoms with Gasteiger partial charge < -0.3 is 5.32 Å². The normalized spacial score (nSPS) is 10.1. The van der Waals surface area contributed by atoms with Gasteiger partial charge in [-0.3, -0.25) is 9.89 Å². The Morgan fingerprint density at radius 2 is 2.31 bits per heavy atom. The van der Waals surface area contributed by atoms with Crippen molar-refractivity contribution in [3.63, 3.8) is 0 Å². The summed E-state index contributed by atoms with van der Waals surface area (Å²) in [6, 6.07) is 0. The Morgan fingerprint density at radius 1 is 1.62 bits per heavy atom. The largest absolute Gasteiger partial charge is 0.323 e. The summed E-state index contributed by atoms with van der Waals surface area (Å²) in [5.41, 5.74) is 2.41. The quantitative estimate of drug-likeness (QED) is 0.730. The van der Waals surface area contributed by atoms with E-state index in [1.54, 1.807) is 0 Å². The van der Waals surface area contributed by atoms with Gasteiger partial charge in [-0.25, -0.2) is 0 Å². The van der Waals surface area contributed by atoms with Crippen LogP contribution in [0.3, 0.4) is 0 Å². The Morgan fingerprint density at radius 3 is 2.77 bits per heavy atom. The third-order valence-electron chi connectivity index (χ3n) is 1.71. The number of aryl methyl sites for hydroxylation is 2. The number of rotatable bonds is 3. The van der Waals surface area contributed by atoms with Gasteiger partial charge in [-0.15, -0.1) is 11.6 Å². The molecule has 0 atom stereocenters. The van der Waals surface area contributed by atoms with E-state index in [0.29, 0.717) is 12.3 Å². The molecule has 4 nitrogen and oxygen atoms in total. The van der Waals surface area contributed by atoms with Crippen LogP contribution in [0.2, 0.25) is 0 Å². The number of hydrogen-bond donors (Lipinski definition) is 2. The number of carbonyl (C=O) groups is 1. The molecule has 0 aliphatic carbocycles. The number of nitrogens with zero attached hydrogens (tertiary/aromatic N) is 1. The highest BCUT2D eigenvalue weighted by Crippen LogP contribution is 2.15. The van der Waals surface area contributed by atoms with Crippen molar-refractivity contribution in [3.05, 3.63) is 11.4 Å². The van der Waals surface area contributed by atoms with Gasteiger partial charge in [-0.05, 0) is 13.8 Å². The molecule has 13 heavy (non-hydrogen) atoms. The molecule has 0 aliphatic rings. The number of aromatic amines is 1. The Bertz CT molecular complexity index is 289. The van der Waals surface area contributed by atoms with E-state index in [-0.39, 0.29) is 5.91 Å². The van der Waals surface area contributed by atoms with E-state index in [0.717, 1.165) is 17.1 Å². The standard InChI is InChI=1S/C8H12ClN3O/c1-5-8(6(2)12-11-5)10-7(13)3-4-9/h3-4H2,1-2H3,(H,10,13)(H,11,12). The molecule has 0 unspecified atom stereocenters. The summed E-state index contributed by atoms with van der Waals surface area (Å²) in [7, 11) is 0. The molecule has 0 fully saturated rings. The topological polar surface area (TPSA) is 57.8 Å². The summed E-state index contributed by atoms with van der Waals surface area (Å²) in [5.74, 6) is 0.254. The molecular weight excluding hydrogens is 190 g/mol. The summed E-state index contributed by atoms with van der Waals surface area (Å²) in [5, 5.41) is 9.49. The maximum absolute atomic E-state index is 11.2. The van der Waals surface area contributed by atoms with Gasteiger partial charge in [-0.1, -0.05) is 0 Å². The molecule has 0 spiro atoms. The molecule has 0 saturated carbocycles. The molecule has 0 aliphatic heterocycles. The summed E-state index contributed by atoms with van der Waals surface area (Å²) in [4.78, 5) is 11.2. The first-order valence-corrected chi connectivity index (χ1v) is 4.56. The van der Waals surface area contributed by atoms with Gasteiger partial charge in [0.25, 0.3) is 0 Å². The Labute approximate surface area is 81.7 Å². The molecule has 0 aromatic carbocycles. The van der Waals surface area contributed by atoms with Crippen LogP contribution in [0.5, 0.6) is 0 Å². The van der Waals surface area contributed by atoms with Crippen LogP contribution in [0.4, 0.5) is 5.69 Å². The van der Waals surface area contributed by atoms with E-state index in [1.165, 1.54) is 0 Å². The van der Waals surface area contributed by atoms with Crippen molar-refractivity contribution in [1.29, 1.82) is 0 Å². The highest BCUT2D eigenvalue weighted by atomic mass is 35.5. The number of anilines is 1. The Hall–Kier alpha value is -1.03. The van der Waals surface area contributed by atoms with Crippen molar-refractivity contribution in [2.45, 2.75) is 20.3 Å². The zero-order valence-electron chi connectivity index (χ0n) is 7.65. The first kappa shape index (κ1) is 10.1. The number of H-pyrrole nitrogens is 1. The van der Waals surface area contributed by atoms with Gasteiger partial charge in [0.15, 0.2) is 0 Å². The molecule has 2 N–H and O–H groups in total. The molecule has 1 aromatic rings. The van der Waals surface area contributed by atoms with E-state index in [4.69, 9.17) is 11.6 Å². The van der Waals surface area contributed by atoms with E-state index in [9.17, 15) is 4.79 Å². The molecule has 0 radical (unpaired) electrons. The van der Waals surface area contributed by atoms with Crippen molar-refractivity contribution < 1.29 is 4.79 Å². The van der Waals surface area contributed by atoms with Crippen LogP contribution in [0, 0.1) is 13.8 Å². The second kappa shape index (κ2) is 4.28. The first-order valence-electron chi connectivity index (χ1n) is 4.02. The molecule has 1 heterocycles. The highest BCUT2D eigenvalue weighted by molar-refractivity contribution is 6.19. The SMILES string of the molecule is Cc1n[nH]c(C)c1NC(=O)CCCl. The minimum Gasteiger partial charge on any atom is -0.323 e. The lowest BCUT2D eigenvalue weighted by Crippen LogP contribution is -2.12. The monoisotopic (exact) mass is 201 g/mol. The lowest BCUT2D eigenvalue weighted by atomic mass is 10.3. The van der Waals surface area contributed by atoms with E-state index in [1.807, 2.05) is 13.8 Å². The van der Waals surface area contributed by atoms with Crippen LogP contribution in [-0.2, 0) is 4.79 Å². The lowest BCUT2D eigenvalue weighted by molar-refractivity contribution is -0.115. The third-order valence-corrected chi connectivity index (χ3v) is 1.90. The van der Waals surface area contributed by atoms with Crippen LogP contribution in [0.15, 0.2) is 0 Å². The number of hydrogen-bond acceptors (Lipinski definition) is 2. The fraction of sp³-hybridized carbons (Fsp3) is 0.500. The average Bonchev–Trinajstić information content (AvgIpc) is 2.36. The van der Waals surface area contributed by atoms with Crippen LogP contribution < -0.4 is 5.32 Å². The smallest absolute Gasteiger partial charge is 0.225 e. The molecule has 0 bridgehead atoms. The van der Waals surface area contributed by atoms with Crippen LogP contribution in [0.25, 0.3) is 0 Å². The van der Waals surface area contributed by atoms with Gasteiger partial charge in [0, 0.05) is 12.3 Å². The number of carbonyl (C=O) groups excluding carboxylic acids is 1. The molecule has 72 valence electrons. The van der Waals surface area contributed by atoms with Gasteiger partial charge in [0.2, 0.25) is 5.91 Å². The van der Waals surface area contributed by atoms with Crippen LogP contribution in [0.1, 0.15) is 17.8 Å². The van der Waals surface area contributed by atoms with Gasteiger partial charge >= 0.3 is 0 Å². The maximum atomic E-state index is 11.2. The first-order chi connectivity index (χ1) is 6.15. The zero-order chi connectivity index (χ0) is 9.84. The molecule has 0 saturated heterocycles. The van der Waals surface area contributed by atoms with Crippen molar-refractivity contribution in [2.24, 2.45) is 0 Å². The second-order valence-electron chi connectivity index (χ2n) is 2.80. The molecule has 1 rings (SSSR count). The molecule has 1 aromatic heterocycles. The van der Waals surface area contributed by atoms with Crippen molar-refractivity contribution in [3.8, 4) is 0 Å². The Balaban J connectivity index is 2.68. The molecular formula is C8H12ClN3O. The summed E-state index contributed by atoms with van der Waals surface area (Å²) in [6.45, 7) is 3.69. The van der Waals surface area contributed by atoms with Gasteiger partial charge in [0.1, 0.15) is 0 Å². The zero-order valence-corrected chi connectivity index (χ0v) is 8.40. The van der Waals surface area contributed by atoms with Crippen LogP contribution in [-0.4, -0.2) is 22.0 Å². The lowest BCUT2D eigenvalue weighted by Gasteiger charge is -2.02.